The molecule has 0 spiro atoms. The van der Waals surface area contributed by atoms with E-state index in [1.54, 1.807) is 50.9 Å². The lowest BCUT2D eigenvalue weighted by Crippen LogP contribution is -2.56. The van der Waals surface area contributed by atoms with Gasteiger partial charge in [-0.05, 0) is 64.0 Å². The van der Waals surface area contributed by atoms with Gasteiger partial charge in [-0.3, -0.25) is 9.78 Å². The molecule has 306 valence electrons. The minimum Gasteiger partial charge on any atom is -0.444 e. The molecule has 13 nitrogen and oxygen atoms in total. The first-order valence-electron chi connectivity index (χ1n) is 19.3. The van der Waals surface area contributed by atoms with Crippen LogP contribution in [0, 0.1) is 5.92 Å². The molecule has 0 saturated heterocycles. The summed E-state index contributed by atoms with van der Waals surface area (Å²) in [6.07, 6.45) is 2.99. The average molecular weight is 818 g/mol. The Bertz CT molecular complexity index is 1900. The molecule has 2 heterocycles. The molecule has 2 unspecified atom stereocenters. The van der Waals surface area contributed by atoms with E-state index in [9.17, 15) is 19.2 Å². The maximum Gasteiger partial charge on any atom is 0.407 e. The summed E-state index contributed by atoms with van der Waals surface area (Å²) in [7, 11) is 1.67. The van der Waals surface area contributed by atoms with Crippen molar-refractivity contribution in [1.82, 2.24) is 36.1 Å². The molecule has 1 fully saturated rings. The van der Waals surface area contributed by atoms with Crippen LogP contribution in [0.4, 0.5) is 14.4 Å². The molecular weight excluding hydrogens is 763 g/mol. The van der Waals surface area contributed by atoms with E-state index in [4.69, 9.17) is 9.47 Å². The normalized spacial score (nSPS) is 17.2. The van der Waals surface area contributed by atoms with E-state index >= 15 is 0 Å². The van der Waals surface area contributed by atoms with Crippen molar-refractivity contribution in [2.24, 2.45) is 5.92 Å². The molecule has 2 aromatic heterocycles. The molecule has 5 amide bonds. The van der Waals surface area contributed by atoms with Crippen LogP contribution in [0.5, 0.6) is 0 Å². The zero-order valence-electron chi connectivity index (χ0n) is 33.6. The van der Waals surface area contributed by atoms with E-state index in [2.05, 4.69) is 45.1 Å². The third-order valence-corrected chi connectivity index (χ3v) is 11.5. The minimum atomic E-state index is -1.28. The van der Waals surface area contributed by atoms with Crippen LogP contribution in [0.25, 0.3) is 0 Å². The molecule has 1 aliphatic carbocycles. The molecule has 4 aromatic rings. The Morgan fingerprint density at radius 2 is 1.54 bits per heavy atom. The number of carbonyl (C=O) groups is 4. The van der Waals surface area contributed by atoms with Gasteiger partial charge in [0.2, 0.25) is 5.91 Å². The zero-order valence-corrected chi connectivity index (χ0v) is 35.2. The maximum atomic E-state index is 14.5. The Hall–Kier alpha value is -5.02. The molecule has 15 heteroatoms. The van der Waals surface area contributed by atoms with Crippen molar-refractivity contribution < 1.29 is 28.7 Å². The Labute approximate surface area is 343 Å². The first-order valence-corrected chi connectivity index (χ1v) is 21.1. The van der Waals surface area contributed by atoms with Crippen LogP contribution in [0.1, 0.15) is 86.5 Å². The Morgan fingerprint density at radius 3 is 2.11 bits per heavy atom. The summed E-state index contributed by atoms with van der Waals surface area (Å²) >= 11 is 2.97. The molecule has 0 aliphatic heterocycles. The molecule has 1 aliphatic rings. The number of amides is 5. The van der Waals surface area contributed by atoms with Crippen LogP contribution in [0.3, 0.4) is 0 Å². The number of ether oxygens (including phenoxy) is 2. The van der Waals surface area contributed by atoms with Crippen LogP contribution in [-0.2, 0) is 40.3 Å². The summed E-state index contributed by atoms with van der Waals surface area (Å²) < 4.78 is 11.0. The van der Waals surface area contributed by atoms with E-state index < -0.39 is 29.4 Å². The maximum absolute atomic E-state index is 14.5. The van der Waals surface area contributed by atoms with Gasteiger partial charge < -0.3 is 35.6 Å². The van der Waals surface area contributed by atoms with Gasteiger partial charge >= 0.3 is 18.2 Å². The van der Waals surface area contributed by atoms with Crippen molar-refractivity contribution in [1.29, 1.82) is 0 Å². The first kappa shape index (κ1) is 43.1. The SMILES string of the molecule is CC(C)c1nc(CN(C)C(=O)NC2(C(=O)N[C@H](CC[C@H](Cc3ccccc3)NC(=O)OCc3cncs3)Cc3ccccc3)CC2CNC(=O)OC(C)(C)C)cs1. The molecule has 0 bridgehead atoms. The fraction of sp³-hybridized carbons (Fsp3) is 0.476. The molecule has 1 saturated carbocycles. The number of carbonyl (C=O) groups excluding carboxylic acids is 4. The number of rotatable bonds is 18. The van der Waals surface area contributed by atoms with Gasteiger partial charge in [-0.25, -0.2) is 19.4 Å². The summed E-state index contributed by atoms with van der Waals surface area (Å²) in [4.78, 5) is 65.0. The van der Waals surface area contributed by atoms with Crippen molar-refractivity contribution in [3.05, 3.63) is 104 Å². The van der Waals surface area contributed by atoms with Gasteiger partial charge in [0.05, 0.1) is 27.6 Å². The van der Waals surface area contributed by atoms with Gasteiger partial charge in [0.1, 0.15) is 17.7 Å². The van der Waals surface area contributed by atoms with Crippen LogP contribution in [-0.4, -0.2) is 75.8 Å². The first-order chi connectivity index (χ1) is 27.2. The fourth-order valence-electron chi connectivity index (χ4n) is 6.47. The number of nitrogens with one attached hydrogen (secondary N) is 4. The van der Waals surface area contributed by atoms with E-state index in [-0.39, 0.29) is 49.5 Å². The van der Waals surface area contributed by atoms with Gasteiger partial charge in [-0.2, -0.15) is 0 Å². The van der Waals surface area contributed by atoms with Crippen LogP contribution in [0.15, 0.2) is 77.8 Å². The monoisotopic (exact) mass is 817 g/mol. The predicted octanol–water partition coefficient (Wildman–Crippen LogP) is 7.19. The molecule has 4 atom stereocenters. The minimum absolute atomic E-state index is 0.122. The quantitative estimate of drug-likeness (QED) is 0.0820. The summed E-state index contributed by atoms with van der Waals surface area (Å²) in [6, 6.07) is 18.7. The van der Waals surface area contributed by atoms with Crippen molar-refractivity contribution in [2.45, 2.75) is 109 Å². The number of alkyl carbamates (subject to hydrolysis) is 2. The summed E-state index contributed by atoms with van der Waals surface area (Å²) in [5, 5.41) is 15.1. The second-order valence-corrected chi connectivity index (χ2v) is 17.7. The number of hydrogen-bond acceptors (Lipinski definition) is 10. The highest BCUT2D eigenvalue weighted by atomic mass is 32.1. The highest BCUT2D eigenvalue weighted by Gasteiger charge is 2.61. The van der Waals surface area contributed by atoms with Crippen molar-refractivity contribution in [3.8, 4) is 0 Å². The van der Waals surface area contributed by atoms with Crippen LogP contribution >= 0.6 is 22.7 Å². The largest absolute Gasteiger partial charge is 0.444 e. The number of benzene rings is 2. The smallest absolute Gasteiger partial charge is 0.407 e. The fourth-order valence-corrected chi connectivity index (χ4v) is 7.80. The van der Waals surface area contributed by atoms with Gasteiger partial charge in [0.15, 0.2) is 0 Å². The van der Waals surface area contributed by atoms with E-state index in [1.165, 1.54) is 16.2 Å². The van der Waals surface area contributed by atoms with Gasteiger partial charge in [0, 0.05) is 49.1 Å². The lowest BCUT2D eigenvalue weighted by molar-refractivity contribution is -0.125. The zero-order chi connectivity index (χ0) is 41.0. The molecule has 2 aromatic carbocycles. The number of urea groups is 1. The number of nitrogens with zero attached hydrogens (tertiary/aromatic N) is 3. The predicted molar refractivity (Wildman–Crippen MR) is 222 cm³/mol. The van der Waals surface area contributed by atoms with Crippen molar-refractivity contribution in [2.75, 3.05) is 13.6 Å². The molecule has 0 radical (unpaired) electrons. The van der Waals surface area contributed by atoms with Crippen molar-refractivity contribution in [3.63, 3.8) is 0 Å². The summed E-state index contributed by atoms with van der Waals surface area (Å²) in [5.41, 5.74) is 2.57. The van der Waals surface area contributed by atoms with Crippen LogP contribution in [0.2, 0.25) is 0 Å². The van der Waals surface area contributed by atoms with Gasteiger partial charge in [0.25, 0.3) is 0 Å². The number of aromatic nitrogens is 2. The van der Waals surface area contributed by atoms with E-state index in [1.807, 2.05) is 66.0 Å². The Morgan fingerprint density at radius 1 is 0.912 bits per heavy atom. The number of hydrogen-bond donors (Lipinski definition) is 4. The third kappa shape index (κ3) is 13.6. The van der Waals surface area contributed by atoms with E-state index in [0.717, 1.165) is 26.7 Å². The second kappa shape index (κ2) is 19.9. The van der Waals surface area contributed by atoms with Crippen molar-refractivity contribution >= 4 is 46.8 Å². The Balaban J connectivity index is 1.32. The van der Waals surface area contributed by atoms with Gasteiger partial charge in [-0.15, -0.1) is 22.7 Å². The lowest BCUT2D eigenvalue weighted by Gasteiger charge is -2.28. The Kier molecular flexibility index (Phi) is 15.1. The topological polar surface area (TPSA) is 164 Å². The molecule has 57 heavy (non-hydrogen) atoms. The highest BCUT2D eigenvalue weighted by molar-refractivity contribution is 7.09. The van der Waals surface area contributed by atoms with Gasteiger partial charge in [-0.1, -0.05) is 74.5 Å². The summed E-state index contributed by atoms with van der Waals surface area (Å²) in [6.45, 7) is 10.0. The molecular formula is C42H55N7O6S2. The second-order valence-electron chi connectivity index (χ2n) is 15.9. The summed E-state index contributed by atoms with van der Waals surface area (Å²) in [5.74, 6) is -0.448. The molecule has 4 N–H and O–H groups in total. The third-order valence-electron chi connectivity index (χ3n) is 9.54. The number of thiazole rings is 2. The standard InChI is InChI=1S/C42H55N7O6S2/c1-28(2)36-45-34(26-56-36)24-49(6)38(51)48-42(21-31(42)22-44-39(52)55-41(3,4)5)37(50)46-32(19-29-13-9-7-10-14-29)17-18-33(20-30-15-11-8-12-16-30)47-40(53)54-25-35-23-43-27-57-35/h7-16,23,26-28,31-33H,17-22,24-25H2,1-6H3,(H,44,52)(H,46,50)(H,47,53)(H,48,51)/t31?,32-,33-,42?/m1/s1. The van der Waals surface area contributed by atoms with Crippen LogP contribution < -0.4 is 21.3 Å². The lowest BCUT2D eigenvalue weighted by atomic mass is 9.95. The highest BCUT2D eigenvalue weighted by Crippen LogP contribution is 2.44. The average Bonchev–Trinajstić information content (AvgIpc) is 3.46. The van der Waals surface area contributed by atoms with E-state index in [0.29, 0.717) is 32.1 Å². The molecule has 5 rings (SSSR count).